The van der Waals surface area contributed by atoms with Crippen LogP contribution in [0.1, 0.15) is 13.3 Å². The highest BCUT2D eigenvalue weighted by Gasteiger charge is 2.13. The number of para-hydroxylation sites is 1. The molecule has 0 aliphatic rings. The van der Waals surface area contributed by atoms with E-state index in [-0.39, 0.29) is 11.8 Å². The molecule has 18 heavy (non-hydrogen) atoms. The van der Waals surface area contributed by atoms with Crippen molar-refractivity contribution in [2.45, 2.75) is 13.3 Å². The zero-order valence-electron chi connectivity index (χ0n) is 11.0. The van der Waals surface area contributed by atoms with Crippen LogP contribution in [0.15, 0.2) is 18.2 Å². The summed E-state index contributed by atoms with van der Waals surface area (Å²) in [5.41, 5.74) is 7.04. The molecule has 0 fully saturated rings. The average Bonchev–Trinajstić information content (AvgIpc) is 2.28. The minimum Gasteiger partial charge on any atom is -0.375 e. The standard InChI is InChI=1S/C13H20ClN3O/c1-9(8-15)7-12(18)16-11-6-4-5-10(14)13(11)17(2)3/h4-6,9H,7-8,15H2,1-3H3,(H,16,18). The highest BCUT2D eigenvalue weighted by Crippen LogP contribution is 2.32. The van der Waals surface area contributed by atoms with E-state index in [4.69, 9.17) is 17.3 Å². The van der Waals surface area contributed by atoms with Crippen molar-refractivity contribution in [3.8, 4) is 0 Å². The van der Waals surface area contributed by atoms with Crippen molar-refractivity contribution in [1.82, 2.24) is 0 Å². The summed E-state index contributed by atoms with van der Waals surface area (Å²) in [6, 6.07) is 5.46. The minimum atomic E-state index is -0.0432. The van der Waals surface area contributed by atoms with E-state index >= 15 is 0 Å². The van der Waals surface area contributed by atoms with Crippen molar-refractivity contribution in [2.24, 2.45) is 11.7 Å². The van der Waals surface area contributed by atoms with Crippen molar-refractivity contribution in [1.29, 1.82) is 0 Å². The number of carbonyl (C=O) groups is 1. The predicted molar refractivity (Wildman–Crippen MR) is 77.2 cm³/mol. The van der Waals surface area contributed by atoms with E-state index in [1.165, 1.54) is 0 Å². The van der Waals surface area contributed by atoms with Crippen LogP contribution in [-0.4, -0.2) is 26.5 Å². The maximum Gasteiger partial charge on any atom is 0.224 e. The summed E-state index contributed by atoms with van der Waals surface area (Å²) in [6.45, 7) is 2.45. The molecule has 1 aromatic rings. The predicted octanol–water partition coefficient (Wildman–Crippen LogP) is 2.33. The van der Waals surface area contributed by atoms with Crippen LogP contribution >= 0.6 is 11.6 Å². The van der Waals surface area contributed by atoms with E-state index in [0.29, 0.717) is 18.0 Å². The number of nitrogens with two attached hydrogens (primary N) is 1. The second-order valence-corrected chi connectivity index (χ2v) is 5.03. The van der Waals surface area contributed by atoms with Gasteiger partial charge >= 0.3 is 0 Å². The summed E-state index contributed by atoms with van der Waals surface area (Å²) < 4.78 is 0. The lowest BCUT2D eigenvalue weighted by Crippen LogP contribution is -2.21. The van der Waals surface area contributed by atoms with Crippen LogP contribution in [0, 0.1) is 5.92 Å². The van der Waals surface area contributed by atoms with E-state index in [2.05, 4.69) is 5.32 Å². The van der Waals surface area contributed by atoms with Gasteiger partial charge in [-0.1, -0.05) is 24.6 Å². The zero-order valence-corrected chi connectivity index (χ0v) is 11.8. The number of halogens is 1. The van der Waals surface area contributed by atoms with Gasteiger partial charge in [0.2, 0.25) is 5.91 Å². The Balaban J connectivity index is 2.84. The van der Waals surface area contributed by atoms with Gasteiger partial charge in [-0.2, -0.15) is 0 Å². The first-order chi connectivity index (χ1) is 8.45. The van der Waals surface area contributed by atoms with Gasteiger partial charge < -0.3 is 16.0 Å². The van der Waals surface area contributed by atoms with E-state index in [1.807, 2.05) is 38.1 Å². The Bertz CT molecular complexity index is 421. The molecule has 1 amide bonds. The van der Waals surface area contributed by atoms with Gasteiger partial charge in [-0.05, 0) is 24.6 Å². The van der Waals surface area contributed by atoms with E-state index in [0.717, 1.165) is 11.4 Å². The third-order valence-corrected chi connectivity index (χ3v) is 2.95. The molecule has 0 saturated heterocycles. The first-order valence-electron chi connectivity index (χ1n) is 5.91. The normalized spacial score (nSPS) is 12.1. The molecule has 1 rings (SSSR count). The Kier molecular flexibility index (Phi) is 5.44. The topological polar surface area (TPSA) is 58.4 Å². The van der Waals surface area contributed by atoms with Crippen LogP contribution in [0.3, 0.4) is 0 Å². The number of rotatable bonds is 5. The Labute approximate surface area is 113 Å². The number of nitrogens with zero attached hydrogens (tertiary/aromatic N) is 1. The first-order valence-corrected chi connectivity index (χ1v) is 6.29. The summed E-state index contributed by atoms with van der Waals surface area (Å²) in [4.78, 5) is 13.7. The van der Waals surface area contributed by atoms with Crippen LogP contribution in [0.25, 0.3) is 0 Å². The summed E-state index contributed by atoms with van der Waals surface area (Å²) in [7, 11) is 3.78. The van der Waals surface area contributed by atoms with Gasteiger partial charge in [0.15, 0.2) is 0 Å². The molecule has 3 N–H and O–H groups in total. The highest BCUT2D eigenvalue weighted by molar-refractivity contribution is 6.34. The molecule has 0 radical (unpaired) electrons. The molecule has 0 aliphatic carbocycles. The van der Waals surface area contributed by atoms with Gasteiger partial charge in [0.05, 0.1) is 16.4 Å². The molecule has 1 atom stereocenters. The fourth-order valence-corrected chi connectivity index (χ4v) is 2.02. The van der Waals surface area contributed by atoms with Crippen LogP contribution in [0.4, 0.5) is 11.4 Å². The molecule has 0 bridgehead atoms. The Morgan fingerprint density at radius 1 is 1.50 bits per heavy atom. The molecule has 1 unspecified atom stereocenters. The molecule has 0 heterocycles. The molecule has 1 aromatic carbocycles. The maximum atomic E-state index is 11.8. The van der Waals surface area contributed by atoms with Crippen molar-refractivity contribution < 1.29 is 4.79 Å². The molecule has 4 nitrogen and oxygen atoms in total. The quantitative estimate of drug-likeness (QED) is 0.863. The van der Waals surface area contributed by atoms with Crippen molar-refractivity contribution in [3.05, 3.63) is 23.2 Å². The molecule has 5 heteroatoms. The fourth-order valence-electron chi connectivity index (χ4n) is 1.67. The number of amides is 1. The molecule has 100 valence electrons. The fraction of sp³-hybridized carbons (Fsp3) is 0.462. The van der Waals surface area contributed by atoms with Gasteiger partial charge in [-0.25, -0.2) is 0 Å². The second kappa shape index (κ2) is 6.61. The Hall–Kier alpha value is -1.26. The third kappa shape index (κ3) is 3.89. The summed E-state index contributed by atoms with van der Waals surface area (Å²) >= 11 is 6.13. The lowest BCUT2D eigenvalue weighted by Gasteiger charge is -2.19. The summed E-state index contributed by atoms with van der Waals surface area (Å²) in [5.74, 6) is 0.130. The molecule has 0 saturated carbocycles. The summed E-state index contributed by atoms with van der Waals surface area (Å²) in [5, 5.41) is 3.49. The van der Waals surface area contributed by atoms with Gasteiger partial charge in [-0.3, -0.25) is 4.79 Å². The van der Waals surface area contributed by atoms with Crippen LogP contribution in [0.5, 0.6) is 0 Å². The van der Waals surface area contributed by atoms with E-state index < -0.39 is 0 Å². The molecule has 0 aliphatic heterocycles. The lowest BCUT2D eigenvalue weighted by atomic mass is 10.1. The summed E-state index contributed by atoms with van der Waals surface area (Å²) in [6.07, 6.45) is 0.413. The first kappa shape index (κ1) is 14.8. The van der Waals surface area contributed by atoms with E-state index in [9.17, 15) is 4.79 Å². The number of nitrogens with one attached hydrogen (secondary N) is 1. The van der Waals surface area contributed by atoms with Crippen LogP contribution in [0.2, 0.25) is 5.02 Å². The molecule has 0 aromatic heterocycles. The van der Waals surface area contributed by atoms with Crippen molar-refractivity contribution >= 4 is 28.9 Å². The van der Waals surface area contributed by atoms with Crippen molar-refractivity contribution in [3.63, 3.8) is 0 Å². The number of anilines is 2. The number of hydrogen-bond donors (Lipinski definition) is 2. The largest absolute Gasteiger partial charge is 0.375 e. The van der Waals surface area contributed by atoms with Crippen LogP contribution < -0.4 is 16.0 Å². The number of benzene rings is 1. The van der Waals surface area contributed by atoms with Gasteiger partial charge in [0.1, 0.15) is 0 Å². The Morgan fingerprint density at radius 3 is 2.72 bits per heavy atom. The smallest absolute Gasteiger partial charge is 0.224 e. The Morgan fingerprint density at radius 2 is 2.17 bits per heavy atom. The lowest BCUT2D eigenvalue weighted by molar-refractivity contribution is -0.116. The molecular formula is C13H20ClN3O. The number of carbonyl (C=O) groups excluding carboxylic acids is 1. The van der Waals surface area contributed by atoms with Crippen LogP contribution in [-0.2, 0) is 4.79 Å². The van der Waals surface area contributed by atoms with E-state index in [1.54, 1.807) is 6.07 Å². The SMILES string of the molecule is CC(CN)CC(=O)Nc1cccc(Cl)c1N(C)C. The minimum absolute atomic E-state index is 0.0432. The molecular weight excluding hydrogens is 250 g/mol. The van der Waals surface area contributed by atoms with Crippen molar-refractivity contribution in [2.75, 3.05) is 30.9 Å². The molecule has 0 spiro atoms. The number of hydrogen-bond acceptors (Lipinski definition) is 3. The third-order valence-electron chi connectivity index (χ3n) is 2.64. The van der Waals surface area contributed by atoms with Gasteiger partial charge in [0.25, 0.3) is 0 Å². The average molecular weight is 270 g/mol. The monoisotopic (exact) mass is 269 g/mol. The maximum absolute atomic E-state index is 11.8. The zero-order chi connectivity index (χ0) is 13.7. The van der Waals surface area contributed by atoms with Gasteiger partial charge in [0, 0.05) is 20.5 Å². The second-order valence-electron chi connectivity index (χ2n) is 4.62. The highest BCUT2D eigenvalue weighted by atomic mass is 35.5. The van der Waals surface area contributed by atoms with Gasteiger partial charge in [-0.15, -0.1) is 0 Å².